The van der Waals surface area contributed by atoms with Crippen molar-refractivity contribution in [3.05, 3.63) is 47.4 Å². The van der Waals surface area contributed by atoms with Crippen molar-refractivity contribution < 1.29 is 22.7 Å². The molecule has 8 nitrogen and oxygen atoms in total. The number of carbonyl (C=O) groups is 1. The minimum Gasteiger partial charge on any atom is -0.466 e. The minimum absolute atomic E-state index is 0.0227. The molecule has 1 aromatic carbocycles. The molecule has 4 rings (SSSR count). The Kier molecular flexibility index (Phi) is 5.90. The van der Waals surface area contributed by atoms with E-state index < -0.39 is 11.7 Å². The fourth-order valence-electron chi connectivity index (χ4n) is 4.00. The summed E-state index contributed by atoms with van der Waals surface area (Å²) in [7, 11) is 0. The van der Waals surface area contributed by atoms with Crippen LogP contribution in [0, 0.1) is 6.92 Å². The van der Waals surface area contributed by atoms with Gasteiger partial charge in [0.25, 0.3) is 5.78 Å². The number of fused-ring (bicyclic) bond motifs is 1. The Morgan fingerprint density at radius 1 is 1.12 bits per heavy atom. The zero-order valence-electron chi connectivity index (χ0n) is 17.8. The predicted octanol–water partition coefficient (Wildman–Crippen LogP) is 2.88. The molecule has 0 unspecified atom stereocenters. The Balaban J connectivity index is 1.64. The number of piperazine rings is 1. The second-order valence-corrected chi connectivity index (χ2v) is 7.44. The van der Waals surface area contributed by atoms with E-state index in [-0.39, 0.29) is 24.7 Å². The van der Waals surface area contributed by atoms with Crippen LogP contribution in [0.2, 0.25) is 0 Å². The summed E-state index contributed by atoms with van der Waals surface area (Å²) in [4.78, 5) is 24.5. The number of ether oxygens (including phenoxy) is 1. The monoisotopic (exact) mass is 448 g/mol. The summed E-state index contributed by atoms with van der Waals surface area (Å²) in [5, 5.41) is 4.26. The molecule has 3 heterocycles. The van der Waals surface area contributed by atoms with E-state index >= 15 is 0 Å². The van der Waals surface area contributed by atoms with Crippen molar-refractivity contribution in [3.8, 4) is 0 Å². The number of carbonyl (C=O) groups excluding carboxylic acids is 1. The van der Waals surface area contributed by atoms with Gasteiger partial charge in [0.1, 0.15) is 12.1 Å². The van der Waals surface area contributed by atoms with Gasteiger partial charge < -0.3 is 14.5 Å². The molecule has 0 atom stereocenters. The van der Waals surface area contributed by atoms with E-state index in [4.69, 9.17) is 4.74 Å². The average Bonchev–Trinajstić information content (AvgIpc) is 3.22. The van der Waals surface area contributed by atoms with E-state index in [1.807, 2.05) is 4.90 Å². The first kappa shape index (κ1) is 21.8. The van der Waals surface area contributed by atoms with Crippen LogP contribution in [-0.2, 0) is 22.1 Å². The Morgan fingerprint density at radius 2 is 1.81 bits per heavy atom. The van der Waals surface area contributed by atoms with Crippen molar-refractivity contribution in [1.82, 2.24) is 19.6 Å². The number of para-hydroxylation sites is 1. The van der Waals surface area contributed by atoms with Gasteiger partial charge in [0, 0.05) is 43.1 Å². The molecule has 3 aromatic rings. The van der Waals surface area contributed by atoms with Crippen molar-refractivity contribution >= 4 is 23.3 Å². The predicted molar refractivity (Wildman–Crippen MR) is 112 cm³/mol. The van der Waals surface area contributed by atoms with Gasteiger partial charge in [-0.1, -0.05) is 12.1 Å². The molecule has 0 spiro atoms. The number of hydrogen-bond donors (Lipinski definition) is 0. The SMILES string of the molecule is CCOC(=O)Cc1c(C)nc2ncnn2c1N1CCN(c2ccccc2C(F)(F)F)CC1. The van der Waals surface area contributed by atoms with Gasteiger partial charge in [-0.25, -0.2) is 4.98 Å². The molecule has 0 saturated carbocycles. The molecule has 0 radical (unpaired) electrons. The molecule has 0 bridgehead atoms. The standard InChI is InChI=1S/C21H23F3N6O2/c1-3-32-18(31)12-15-14(2)27-20-25-13-26-30(20)19(15)29-10-8-28(9-11-29)17-7-5-4-6-16(17)21(22,23)24/h4-7,13H,3,8-12H2,1-2H3. The number of alkyl halides is 3. The summed E-state index contributed by atoms with van der Waals surface area (Å²) in [6, 6.07) is 5.60. The largest absolute Gasteiger partial charge is 0.466 e. The number of aromatic nitrogens is 4. The van der Waals surface area contributed by atoms with Gasteiger partial charge in [-0.15, -0.1) is 0 Å². The van der Waals surface area contributed by atoms with Gasteiger partial charge in [-0.3, -0.25) is 4.79 Å². The maximum absolute atomic E-state index is 13.5. The van der Waals surface area contributed by atoms with E-state index in [1.165, 1.54) is 18.5 Å². The van der Waals surface area contributed by atoms with Gasteiger partial charge in [-0.05, 0) is 26.0 Å². The van der Waals surface area contributed by atoms with E-state index in [9.17, 15) is 18.0 Å². The first-order chi connectivity index (χ1) is 15.3. The van der Waals surface area contributed by atoms with E-state index in [2.05, 4.69) is 15.1 Å². The molecule has 11 heteroatoms. The topological polar surface area (TPSA) is 75.9 Å². The molecule has 0 aliphatic carbocycles. The van der Waals surface area contributed by atoms with Crippen LogP contribution in [0.1, 0.15) is 23.7 Å². The van der Waals surface area contributed by atoms with Crippen LogP contribution >= 0.6 is 0 Å². The second kappa shape index (κ2) is 8.64. The summed E-state index contributed by atoms with van der Waals surface area (Å²) in [6.45, 7) is 5.45. The lowest BCUT2D eigenvalue weighted by atomic mass is 10.1. The molecule has 1 aliphatic heterocycles. The zero-order chi connectivity index (χ0) is 22.9. The number of benzene rings is 1. The third kappa shape index (κ3) is 4.19. The van der Waals surface area contributed by atoms with Crippen molar-refractivity contribution in [3.63, 3.8) is 0 Å². The summed E-state index contributed by atoms with van der Waals surface area (Å²) in [6.07, 6.45) is -3.01. The van der Waals surface area contributed by atoms with Crippen LogP contribution < -0.4 is 9.80 Å². The fraction of sp³-hybridized carbons (Fsp3) is 0.429. The third-order valence-electron chi connectivity index (χ3n) is 5.46. The minimum atomic E-state index is -4.42. The maximum atomic E-state index is 13.5. The fourth-order valence-corrected chi connectivity index (χ4v) is 4.00. The first-order valence-corrected chi connectivity index (χ1v) is 10.3. The number of aryl methyl sites for hydroxylation is 1. The van der Waals surface area contributed by atoms with Crippen molar-refractivity contribution in [2.75, 3.05) is 42.6 Å². The molecule has 0 amide bonds. The lowest BCUT2D eigenvalue weighted by Crippen LogP contribution is -2.48. The van der Waals surface area contributed by atoms with Crippen LogP contribution in [0.15, 0.2) is 30.6 Å². The molecular weight excluding hydrogens is 425 g/mol. The number of esters is 1. The third-order valence-corrected chi connectivity index (χ3v) is 5.46. The van der Waals surface area contributed by atoms with E-state index in [1.54, 1.807) is 29.3 Å². The van der Waals surface area contributed by atoms with Gasteiger partial charge in [0.2, 0.25) is 0 Å². The maximum Gasteiger partial charge on any atom is 0.418 e. The highest BCUT2D eigenvalue weighted by Gasteiger charge is 2.35. The lowest BCUT2D eigenvalue weighted by molar-refractivity contribution is -0.142. The highest BCUT2D eigenvalue weighted by molar-refractivity contribution is 5.76. The molecule has 1 fully saturated rings. The molecule has 1 saturated heterocycles. The van der Waals surface area contributed by atoms with Crippen LogP contribution in [0.3, 0.4) is 0 Å². The second-order valence-electron chi connectivity index (χ2n) is 7.44. The van der Waals surface area contributed by atoms with Crippen LogP contribution in [-0.4, -0.2) is 58.3 Å². The Bertz CT molecular complexity index is 1120. The van der Waals surface area contributed by atoms with Crippen LogP contribution in [0.5, 0.6) is 0 Å². The number of anilines is 2. The summed E-state index contributed by atoms with van der Waals surface area (Å²) >= 11 is 0. The molecule has 1 aliphatic rings. The van der Waals surface area contributed by atoms with E-state index in [0.29, 0.717) is 49.0 Å². The number of halogens is 3. The summed E-state index contributed by atoms with van der Waals surface area (Å²) in [5.41, 5.74) is 0.835. The number of nitrogens with zero attached hydrogens (tertiary/aromatic N) is 6. The molecule has 0 N–H and O–H groups in total. The Labute approximate surface area is 182 Å². The Morgan fingerprint density at radius 3 is 2.50 bits per heavy atom. The van der Waals surface area contributed by atoms with Crippen LogP contribution in [0.25, 0.3) is 5.78 Å². The molecule has 170 valence electrons. The van der Waals surface area contributed by atoms with Crippen molar-refractivity contribution in [2.45, 2.75) is 26.4 Å². The van der Waals surface area contributed by atoms with Gasteiger partial charge >= 0.3 is 12.1 Å². The summed E-state index contributed by atoms with van der Waals surface area (Å²) < 4.78 is 47.1. The number of rotatable bonds is 5. The van der Waals surface area contributed by atoms with E-state index in [0.717, 1.165) is 6.07 Å². The van der Waals surface area contributed by atoms with Crippen LogP contribution in [0.4, 0.5) is 24.7 Å². The molecular formula is C21H23F3N6O2. The van der Waals surface area contributed by atoms with Gasteiger partial charge in [-0.2, -0.15) is 27.8 Å². The molecule has 2 aromatic heterocycles. The average molecular weight is 448 g/mol. The van der Waals surface area contributed by atoms with Crippen molar-refractivity contribution in [2.24, 2.45) is 0 Å². The Hall–Kier alpha value is -3.37. The zero-order valence-corrected chi connectivity index (χ0v) is 17.8. The van der Waals surface area contributed by atoms with Gasteiger partial charge in [0.15, 0.2) is 0 Å². The number of hydrogen-bond acceptors (Lipinski definition) is 7. The lowest BCUT2D eigenvalue weighted by Gasteiger charge is -2.38. The summed E-state index contributed by atoms with van der Waals surface area (Å²) in [5.74, 6) is 0.688. The van der Waals surface area contributed by atoms with Crippen molar-refractivity contribution in [1.29, 1.82) is 0 Å². The smallest absolute Gasteiger partial charge is 0.418 e. The normalized spacial score (nSPS) is 14.8. The quantitative estimate of drug-likeness (QED) is 0.556. The highest BCUT2D eigenvalue weighted by atomic mass is 19.4. The highest BCUT2D eigenvalue weighted by Crippen LogP contribution is 2.37. The first-order valence-electron chi connectivity index (χ1n) is 10.3. The molecule has 32 heavy (non-hydrogen) atoms. The van der Waals surface area contributed by atoms with Gasteiger partial charge in [0.05, 0.1) is 18.6 Å².